The van der Waals surface area contributed by atoms with E-state index in [1.165, 1.54) is 0 Å². The van der Waals surface area contributed by atoms with Crippen molar-refractivity contribution in [1.29, 1.82) is 5.26 Å². The van der Waals surface area contributed by atoms with Crippen LogP contribution < -0.4 is 0 Å². The number of nitrogens with zero attached hydrogens (tertiary/aromatic N) is 3. The molecule has 0 unspecified atom stereocenters. The van der Waals surface area contributed by atoms with Crippen molar-refractivity contribution in [2.75, 3.05) is 0 Å². The molecular weight excluding hydrogens is 282 g/mol. The second kappa shape index (κ2) is 5.43. The molecule has 2 heterocycles. The molecule has 3 nitrogen and oxygen atoms in total. The highest BCUT2D eigenvalue weighted by molar-refractivity contribution is 5.87. The Bertz CT molecular complexity index is 1020. The van der Waals surface area contributed by atoms with Gasteiger partial charge in [0.1, 0.15) is 6.07 Å². The lowest BCUT2D eigenvalue weighted by Crippen LogP contribution is -1.95. The number of fused-ring (bicyclic) bond motifs is 1. The Morgan fingerprint density at radius 2 is 1.83 bits per heavy atom. The number of hydrogen-bond donors (Lipinski definition) is 0. The molecule has 0 bridgehead atoms. The Labute approximate surface area is 134 Å². The van der Waals surface area contributed by atoms with E-state index in [2.05, 4.69) is 46.0 Å². The lowest BCUT2D eigenvalue weighted by molar-refractivity contribution is 1.12. The highest BCUT2D eigenvalue weighted by atomic mass is 15.0. The SMILES string of the molecule is N#Cc1ccccc1-n1ccc2cc(-c3cccnc3)ccc21. The molecule has 0 radical (unpaired) electrons. The van der Waals surface area contributed by atoms with Gasteiger partial charge in [0.2, 0.25) is 0 Å². The van der Waals surface area contributed by atoms with Gasteiger partial charge in [0.25, 0.3) is 0 Å². The maximum Gasteiger partial charge on any atom is 0.101 e. The van der Waals surface area contributed by atoms with Crippen molar-refractivity contribution in [1.82, 2.24) is 9.55 Å². The number of rotatable bonds is 2. The average molecular weight is 295 g/mol. The van der Waals surface area contributed by atoms with Crippen LogP contribution in [-0.2, 0) is 0 Å². The minimum absolute atomic E-state index is 0.668. The molecule has 23 heavy (non-hydrogen) atoms. The topological polar surface area (TPSA) is 41.6 Å². The van der Waals surface area contributed by atoms with E-state index in [1.54, 1.807) is 6.20 Å². The van der Waals surface area contributed by atoms with Crippen molar-refractivity contribution in [2.24, 2.45) is 0 Å². The third kappa shape index (κ3) is 2.27. The van der Waals surface area contributed by atoms with Gasteiger partial charge in [-0.15, -0.1) is 0 Å². The van der Waals surface area contributed by atoms with Crippen molar-refractivity contribution >= 4 is 10.9 Å². The fourth-order valence-electron chi connectivity index (χ4n) is 2.84. The monoisotopic (exact) mass is 295 g/mol. The molecule has 108 valence electrons. The van der Waals surface area contributed by atoms with Crippen LogP contribution in [-0.4, -0.2) is 9.55 Å². The lowest BCUT2D eigenvalue weighted by atomic mass is 10.1. The summed E-state index contributed by atoms with van der Waals surface area (Å²) in [5.41, 5.74) is 4.89. The van der Waals surface area contributed by atoms with Crippen LogP contribution >= 0.6 is 0 Å². The molecule has 4 aromatic rings. The van der Waals surface area contributed by atoms with Crippen molar-refractivity contribution < 1.29 is 0 Å². The Morgan fingerprint density at radius 3 is 2.65 bits per heavy atom. The number of benzene rings is 2. The molecular formula is C20H13N3. The zero-order valence-corrected chi connectivity index (χ0v) is 12.3. The molecule has 0 amide bonds. The van der Waals surface area contributed by atoms with Crippen LogP contribution in [0.4, 0.5) is 0 Å². The van der Waals surface area contributed by atoms with Gasteiger partial charge in [-0.05, 0) is 42.0 Å². The summed E-state index contributed by atoms with van der Waals surface area (Å²) in [6.45, 7) is 0. The summed E-state index contributed by atoms with van der Waals surface area (Å²) in [7, 11) is 0. The summed E-state index contributed by atoms with van der Waals surface area (Å²) in [6, 6.07) is 22.3. The molecule has 0 aliphatic rings. The van der Waals surface area contributed by atoms with E-state index in [4.69, 9.17) is 0 Å². The molecule has 0 N–H and O–H groups in total. The van der Waals surface area contributed by atoms with Crippen molar-refractivity contribution in [3.05, 3.63) is 84.8 Å². The molecule has 2 aromatic heterocycles. The molecule has 0 aliphatic heterocycles. The summed E-state index contributed by atoms with van der Waals surface area (Å²) in [4.78, 5) is 4.18. The Balaban J connectivity index is 1.87. The molecule has 0 fully saturated rings. The van der Waals surface area contributed by atoms with E-state index in [1.807, 2.05) is 42.7 Å². The smallest absolute Gasteiger partial charge is 0.101 e. The second-order valence-corrected chi connectivity index (χ2v) is 5.33. The molecule has 3 heteroatoms. The van der Waals surface area contributed by atoms with Crippen LogP contribution in [0.3, 0.4) is 0 Å². The molecule has 0 spiro atoms. The first-order valence-electron chi connectivity index (χ1n) is 7.38. The van der Waals surface area contributed by atoms with E-state index in [9.17, 15) is 5.26 Å². The number of aromatic nitrogens is 2. The van der Waals surface area contributed by atoms with Gasteiger partial charge in [-0.2, -0.15) is 5.26 Å². The highest BCUT2D eigenvalue weighted by Gasteiger charge is 2.08. The van der Waals surface area contributed by atoms with Crippen LogP contribution in [0.15, 0.2) is 79.3 Å². The van der Waals surface area contributed by atoms with E-state index in [-0.39, 0.29) is 0 Å². The minimum atomic E-state index is 0.668. The van der Waals surface area contributed by atoms with Crippen molar-refractivity contribution in [3.8, 4) is 22.9 Å². The lowest BCUT2D eigenvalue weighted by Gasteiger charge is -2.08. The van der Waals surface area contributed by atoms with Gasteiger partial charge in [0, 0.05) is 29.5 Å². The van der Waals surface area contributed by atoms with Gasteiger partial charge in [0.05, 0.1) is 16.8 Å². The maximum absolute atomic E-state index is 9.31. The van der Waals surface area contributed by atoms with Gasteiger partial charge in [-0.1, -0.05) is 24.3 Å². The van der Waals surface area contributed by atoms with Crippen LogP contribution in [0.25, 0.3) is 27.7 Å². The number of pyridine rings is 1. The van der Waals surface area contributed by atoms with Gasteiger partial charge < -0.3 is 4.57 Å². The van der Waals surface area contributed by atoms with E-state index < -0.39 is 0 Å². The summed E-state index contributed by atoms with van der Waals surface area (Å²) < 4.78 is 2.06. The zero-order valence-electron chi connectivity index (χ0n) is 12.3. The quantitative estimate of drug-likeness (QED) is 0.544. The third-order valence-corrected chi connectivity index (χ3v) is 3.97. The summed E-state index contributed by atoms with van der Waals surface area (Å²) >= 11 is 0. The van der Waals surface area contributed by atoms with Crippen molar-refractivity contribution in [3.63, 3.8) is 0 Å². The van der Waals surface area contributed by atoms with Crippen LogP contribution in [0.2, 0.25) is 0 Å². The Morgan fingerprint density at radius 1 is 0.913 bits per heavy atom. The molecule has 0 atom stereocenters. The molecule has 0 saturated carbocycles. The van der Waals surface area contributed by atoms with E-state index in [0.717, 1.165) is 27.7 Å². The summed E-state index contributed by atoms with van der Waals surface area (Å²) in [5, 5.41) is 10.4. The summed E-state index contributed by atoms with van der Waals surface area (Å²) in [6.07, 6.45) is 5.65. The predicted molar refractivity (Wildman–Crippen MR) is 91.2 cm³/mol. The van der Waals surface area contributed by atoms with Gasteiger partial charge in [-0.3, -0.25) is 4.98 Å². The number of hydrogen-bond acceptors (Lipinski definition) is 2. The van der Waals surface area contributed by atoms with Crippen LogP contribution in [0.1, 0.15) is 5.56 Å². The fourth-order valence-corrected chi connectivity index (χ4v) is 2.84. The van der Waals surface area contributed by atoms with E-state index in [0.29, 0.717) is 5.56 Å². The zero-order chi connectivity index (χ0) is 15.6. The largest absolute Gasteiger partial charge is 0.315 e. The van der Waals surface area contributed by atoms with E-state index >= 15 is 0 Å². The molecule has 0 aliphatic carbocycles. The normalized spacial score (nSPS) is 10.6. The molecule has 0 saturated heterocycles. The first-order valence-corrected chi connectivity index (χ1v) is 7.38. The first-order chi connectivity index (χ1) is 11.4. The van der Waals surface area contributed by atoms with Crippen LogP contribution in [0.5, 0.6) is 0 Å². The number of para-hydroxylation sites is 1. The fraction of sp³-hybridized carbons (Fsp3) is 0. The average Bonchev–Trinajstić information content (AvgIpc) is 3.05. The highest BCUT2D eigenvalue weighted by Crippen LogP contribution is 2.27. The third-order valence-electron chi connectivity index (χ3n) is 3.97. The molecule has 2 aromatic carbocycles. The molecule has 4 rings (SSSR count). The summed E-state index contributed by atoms with van der Waals surface area (Å²) in [5.74, 6) is 0. The standard InChI is InChI=1S/C20H13N3/c21-13-17-4-1-2-6-19(17)23-11-9-16-12-15(7-8-20(16)23)18-5-3-10-22-14-18/h1-12,14H. The number of nitriles is 1. The van der Waals surface area contributed by atoms with Gasteiger partial charge >= 0.3 is 0 Å². The van der Waals surface area contributed by atoms with Gasteiger partial charge in [-0.25, -0.2) is 0 Å². The Kier molecular flexibility index (Phi) is 3.14. The second-order valence-electron chi connectivity index (χ2n) is 5.33. The first kappa shape index (κ1) is 13.3. The van der Waals surface area contributed by atoms with Crippen molar-refractivity contribution in [2.45, 2.75) is 0 Å². The van der Waals surface area contributed by atoms with Gasteiger partial charge in [0.15, 0.2) is 0 Å². The Hall–Kier alpha value is -3.38. The predicted octanol–water partition coefficient (Wildman–Crippen LogP) is 4.56. The minimum Gasteiger partial charge on any atom is -0.315 e. The maximum atomic E-state index is 9.31. The van der Waals surface area contributed by atoms with Crippen LogP contribution in [0, 0.1) is 11.3 Å².